The van der Waals surface area contributed by atoms with Crippen LogP contribution in [0.5, 0.6) is 0 Å². The van der Waals surface area contributed by atoms with Crippen LogP contribution in [0.15, 0.2) is 217 Å². The van der Waals surface area contributed by atoms with E-state index < -0.39 is 0 Å². The lowest BCUT2D eigenvalue weighted by molar-refractivity contribution is 0.660. The van der Waals surface area contributed by atoms with E-state index in [-0.39, 0.29) is 10.8 Å². The first-order valence-corrected chi connectivity index (χ1v) is 23.2. The van der Waals surface area contributed by atoms with Crippen LogP contribution in [0.1, 0.15) is 49.9 Å². The Morgan fingerprint density at radius 3 is 1.71 bits per heavy atom. The van der Waals surface area contributed by atoms with Gasteiger partial charge in [0.1, 0.15) is 11.2 Å². The monoisotopic (exact) mass is 845 g/mol. The fourth-order valence-corrected chi connectivity index (χ4v) is 11.6. The highest BCUT2D eigenvalue weighted by atomic mass is 16.3. The number of para-hydroxylation sites is 1. The average Bonchev–Trinajstić information content (AvgIpc) is 3.95. The first-order chi connectivity index (χ1) is 32.3. The third-order valence-electron chi connectivity index (χ3n) is 14.9. The Morgan fingerprint density at radius 1 is 0.364 bits per heavy atom. The van der Waals surface area contributed by atoms with Crippen LogP contribution in [-0.4, -0.2) is 0 Å². The maximum atomic E-state index is 6.61. The van der Waals surface area contributed by atoms with E-state index in [1.54, 1.807) is 0 Å². The van der Waals surface area contributed by atoms with Crippen molar-refractivity contribution in [1.82, 2.24) is 0 Å². The minimum atomic E-state index is -0.103. The molecule has 0 N–H and O–H groups in total. The normalized spacial score (nSPS) is 14.0. The molecule has 0 amide bonds. The Bertz CT molecular complexity index is 3750. The van der Waals surface area contributed by atoms with Gasteiger partial charge in [-0.25, -0.2) is 0 Å². The number of anilines is 3. The van der Waals surface area contributed by atoms with Gasteiger partial charge in [0.2, 0.25) is 0 Å². The molecule has 0 atom stereocenters. The van der Waals surface area contributed by atoms with Gasteiger partial charge in [0.15, 0.2) is 0 Å². The molecule has 2 nitrogen and oxygen atoms in total. The molecule has 0 saturated heterocycles. The maximum absolute atomic E-state index is 6.61. The topological polar surface area (TPSA) is 16.4 Å². The van der Waals surface area contributed by atoms with E-state index in [1.165, 1.54) is 72.1 Å². The number of nitrogens with zero attached hydrogens (tertiary/aromatic N) is 1. The summed E-state index contributed by atoms with van der Waals surface area (Å²) in [6.07, 6.45) is 0. The van der Waals surface area contributed by atoms with Crippen LogP contribution in [0.4, 0.5) is 17.1 Å². The Kier molecular flexibility index (Phi) is 8.33. The molecule has 0 radical (unpaired) electrons. The lowest BCUT2D eigenvalue weighted by atomic mass is 9.82. The zero-order valence-electron chi connectivity index (χ0n) is 37.6. The molecule has 0 aliphatic heterocycles. The van der Waals surface area contributed by atoms with Gasteiger partial charge in [-0.3, -0.25) is 0 Å². The lowest BCUT2D eigenvalue weighted by Crippen LogP contribution is -2.15. The van der Waals surface area contributed by atoms with Gasteiger partial charge in [0, 0.05) is 43.9 Å². The van der Waals surface area contributed by atoms with Crippen molar-refractivity contribution in [3.05, 3.63) is 235 Å². The van der Waals surface area contributed by atoms with E-state index >= 15 is 0 Å². The summed E-state index contributed by atoms with van der Waals surface area (Å²) in [7, 11) is 0. The third kappa shape index (κ3) is 5.61. The summed E-state index contributed by atoms with van der Waals surface area (Å²) in [5.74, 6) is 0. The third-order valence-corrected chi connectivity index (χ3v) is 14.9. The van der Waals surface area contributed by atoms with Gasteiger partial charge in [-0.1, -0.05) is 191 Å². The molecule has 1 aromatic heterocycles. The van der Waals surface area contributed by atoms with Crippen LogP contribution >= 0.6 is 0 Å². The molecule has 66 heavy (non-hydrogen) atoms. The summed E-state index contributed by atoms with van der Waals surface area (Å²) in [6.45, 7) is 9.41. The number of hydrogen-bond donors (Lipinski definition) is 0. The van der Waals surface area contributed by atoms with Crippen LogP contribution in [0.2, 0.25) is 0 Å². The summed E-state index contributed by atoms with van der Waals surface area (Å²) in [5.41, 5.74) is 23.0. The molecule has 0 spiro atoms. The molecular formula is C64H47NO. The van der Waals surface area contributed by atoms with E-state index in [9.17, 15) is 0 Å². The Morgan fingerprint density at radius 2 is 0.924 bits per heavy atom. The minimum Gasteiger partial charge on any atom is -0.455 e. The van der Waals surface area contributed by atoms with Crippen molar-refractivity contribution in [1.29, 1.82) is 0 Å². The van der Waals surface area contributed by atoms with Crippen molar-refractivity contribution in [2.45, 2.75) is 38.5 Å². The van der Waals surface area contributed by atoms with Crippen molar-refractivity contribution in [2.24, 2.45) is 0 Å². The average molecular weight is 846 g/mol. The second kappa shape index (κ2) is 14.3. The van der Waals surface area contributed by atoms with E-state index in [0.717, 1.165) is 55.5 Å². The summed E-state index contributed by atoms with van der Waals surface area (Å²) in [6, 6.07) is 78.3. The number of fused-ring (bicyclic) bond motifs is 11. The Balaban J connectivity index is 0.959. The first kappa shape index (κ1) is 38.5. The van der Waals surface area contributed by atoms with Gasteiger partial charge in [-0.15, -0.1) is 0 Å². The number of benzene rings is 10. The van der Waals surface area contributed by atoms with Crippen molar-refractivity contribution in [3.8, 4) is 55.6 Å². The molecule has 0 bridgehead atoms. The second-order valence-corrected chi connectivity index (χ2v) is 19.2. The first-order valence-electron chi connectivity index (χ1n) is 23.2. The molecule has 1 heterocycles. The molecule has 314 valence electrons. The van der Waals surface area contributed by atoms with Crippen LogP contribution in [0.25, 0.3) is 88.3 Å². The second-order valence-electron chi connectivity index (χ2n) is 19.2. The van der Waals surface area contributed by atoms with E-state index in [4.69, 9.17) is 4.42 Å². The van der Waals surface area contributed by atoms with Crippen LogP contribution in [0, 0.1) is 0 Å². The predicted molar refractivity (Wildman–Crippen MR) is 277 cm³/mol. The smallest absolute Gasteiger partial charge is 0.143 e. The molecule has 2 heteroatoms. The van der Waals surface area contributed by atoms with E-state index in [0.29, 0.717) is 0 Å². The SMILES string of the molecule is CC1(C)c2ccccc2-c2cc(-c3ccc(N(c4ccc(-c5cccc6oc7c8ccccc8ccc7c56)cc4)c4ccccc4-c4cccc5c4-c4ccccc4C5(C)C)cc3)ccc21. The van der Waals surface area contributed by atoms with Gasteiger partial charge in [-0.2, -0.15) is 0 Å². The molecule has 0 fully saturated rings. The van der Waals surface area contributed by atoms with Crippen LogP contribution < -0.4 is 4.90 Å². The molecule has 2 aliphatic rings. The number of furan rings is 1. The van der Waals surface area contributed by atoms with Gasteiger partial charge in [0.25, 0.3) is 0 Å². The molecule has 13 rings (SSSR count). The highest BCUT2D eigenvalue weighted by Gasteiger charge is 2.38. The Labute approximate surface area is 386 Å². The molecule has 11 aromatic rings. The van der Waals surface area contributed by atoms with Crippen molar-refractivity contribution < 1.29 is 4.42 Å². The molecular weight excluding hydrogens is 799 g/mol. The van der Waals surface area contributed by atoms with Crippen molar-refractivity contribution in [2.75, 3.05) is 4.90 Å². The van der Waals surface area contributed by atoms with Gasteiger partial charge in [-0.05, 0) is 126 Å². The quantitative estimate of drug-likeness (QED) is 0.166. The zero-order chi connectivity index (χ0) is 44.3. The minimum absolute atomic E-state index is 0.0256. The highest BCUT2D eigenvalue weighted by Crippen LogP contribution is 2.54. The van der Waals surface area contributed by atoms with Gasteiger partial charge >= 0.3 is 0 Å². The number of rotatable bonds is 6. The highest BCUT2D eigenvalue weighted by molar-refractivity contribution is 6.19. The predicted octanol–water partition coefficient (Wildman–Crippen LogP) is 17.8. The molecule has 0 saturated carbocycles. The fraction of sp³-hybridized carbons (Fsp3) is 0.0938. The standard InChI is InChI=1S/C64H47NO/c1-63(2)54-22-10-7-17-48(54)53-39-43(32-38-56(53)63)40-27-33-44(34-28-40)65(58-25-12-9-18-49(58)50-21-13-24-57-60(50)51-19-8-11-23-55(51)64(57,3)4)45-35-29-42(30-36-45)46-20-14-26-59-61(46)52-37-31-41-15-5-6-16-47(41)62(52)66-59/h5-39H,1-4H3. The Hall–Kier alpha value is -7.94. The van der Waals surface area contributed by atoms with Gasteiger partial charge < -0.3 is 9.32 Å². The van der Waals surface area contributed by atoms with Crippen LogP contribution in [0.3, 0.4) is 0 Å². The summed E-state index contributed by atoms with van der Waals surface area (Å²) >= 11 is 0. The summed E-state index contributed by atoms with van der Waals surface area (Å²) < 4.78 is 6.61. The molecule has 10 aromatic carbocycles. The van der Waals surface area contributed by atoms with Crippen molar-refractivity contribution >= 4 is 49.8 Å². The zero-order valence-corrected chi connectivity index (χ0v) is 37.6. The van der Waals surface area contributed by atoms with Crippen molar-refractivity contribution in [3.63, 3.8) is 0 Å². The number of hydrogen-bond acceptors (Lipinski definition) is 2. The molecule has 2 aliphatic carbocycles. The largest absolute Gasteiger partial charge is 0.455 e. The van der Waals surface area contributed by atoms with E-state index in [2.05, 4.69) is 245 Å². The lowest BCUT2D eigenvalue weighted by Gasteiger charge is -2.29. The van der Waals surface area contributed by atoms with E-state index in [1.807, 2.05) is 0 Å². The fourth-order valence-electron chi connectivity index (χ4n) is 11.6. The van der Waals surface area contributed by atoms with Crippen LogP contribution in [-0.2, 0) is 10.8 Å². The summed E-state index contributed by atoms with van der Waals surface area (Å²) in [4.78, 5) is 2.44. The summed E-state index contributed by atoms with van der Waals surface area (Å²) in [5, 5.41) is 4.59. The molecule has 0 unspecified atom stereocenters. The van der Waals surface area contributed by atoms with Gasteiger partial charge in [0.05, 0.1) is 5.69 Å². The maximum Gasteiger partial charge on any atom is 0.143 e.